The summed E-state index contributed by atoms with van der Waals surface area (Å²) in [5, 5.41) is 0. The van der Waals surface area contributed by atoms with Crippen molar-refractivity contribution in [3.63, 3.8) is 0 Å². The van der Waals surface area contributed by atoms with Crippen LogP contribution in [-0.4, -0.2) is 0 Å². The summed E-state index contributed by atoms with van der Waals surface area (Å²) >= 11 is 0. The second kappa shape index (κ2) is 8.99. The van der Waals surface area contributed by atoms with Gasteiger partial charge in [-0.05, 0) is 0 Å². The first kappa shape index (κ1) is 23.3. The molecule has 8 nitrogen and oxygen atoms in total. The van der Waals surface area contributed by atoms with E-state index >= 15 is 0 Å². The smallest absolute Gasteiger partial charge is 0.822 e. The summed E-state index contributed by atoms with van der Waals surface area (Å²) < 4.78 is 17.1. The molecular formula is CoMoO8P2. The average molecular weight is 345 g/mol. The molecule has 0 rings (SSSR count). The minimum atomic E-state index is -5.39. The second-order valence-corrected chi connectivity index (χ2v) is 2.68. The van der Waals surface area contributed by atoms with Crippen LogP contribution in [0.3, 0.4) is 0 Å². The summed E-state index contributed by atoms with van der Waals surface area (Å²) in [6.45, 7) is 0. The Morgan fingerprint density at radius 3 is 0.667 bits per heavy atom. The number of phosphoric acid groups is 2. The first-order chi connectivity index (χ1) is 4.00. The summed E-state index contributed by atoms with van der Waals surface area (Å²) in [5.41, 5.74) is 0. The third-order valence-corrected chi connectivity index (χ3v) is 0. The summed E-state index contributed by atoms with van der Waals surface area (Å²) in [6.07, 6.45) is 0. The molecule has 0 spiro atoms. The van der Waals surface area contributed by atoms with E-state index in [2.05, 4.69) is 0 Å². The molecule has 0 unspecified atom stereocenters. The van der Waals surface area contributed by atoms with Gasteiger partial charge in [0.2, 0.25) is 0 Å². The van der Waals surface area contributed by atoms with Crippen molar-refractivity contribution < 1.29 is 76.3 Å². The van der Waals surface area contributed by atoms with E-state index in [1.807, 2.05) is 0 Å². The molecule has 0 fully saturated rings. The molecule has 0 saturated carbocycles. The van der Waals surface area contributed by atoms with Crippen LogP contribution >= 0.6 is 15.6 Å². The Morgan fingerprint density at radius 2 is 0.667 bits per heavy atom. The Hall–Kier alpha value is 1.41. The molecule has 12 heteroatoms. The molecule has 0 saturated heterocycles. The van der Waals surface area contributed by atoms with Gasteiger partial charge >= 0.3 is 37.8 Å². The van der Waals surface area contributed by atoms with E-state index in [-0.39, 0.29) is 37.8 Å². The maximum atomic E-state index is 8.55. The van der Waals surface area contributed by atoms with Crippen molar-refractivity contribution >= 4 is 15.6 Å². The monoisotopic (exact) mass is 347 g/mol. The minimum Gasteiger partial charge on any atom is -0.822 e. The molecule has 1 radical (unpaired) electrons. The molecule has 0 atom stereocenters. The molecule has 0 aromatic carbocycles. The number of hydrogen-bond acceptors (Lipinski definition) is 8. The Bertz CT molecular complexity index is 129. The SMILES string of the molecule is O=P([O-])([O-])[O-].O=P([O-])([O-])[O-].[Co+2].[Mo+4]. The van der Waals surface area contributed by atoms with Gasteiger partial charge in [-0.2, -0.15) is 15.6 Å². The van der Waals surface area contributed by atoms with Crippen LogP contribution < -0.4 is 29.4 Å². The van der Waals surface area contributed by atoms with Gasteiger partial charge in [0.15, 0.2) is 0 Å². The van der Waals surface area contributed by atoms with Crippen molar-refractivity contribution in [1.29, 1.82) is 0 Å². The standard InChI is InChI=1S/Co.Mo.2H3O4P/c;;2*1-5(2,3)4/h;;2*(H3,1,2,3,4)/q+2;+4;;/p-6. The molecule has 12 heavy (non-hydrogen) atoms. The van der Waals surface area contributed by atoms with Crippen LogP contribution in [0.15, 0.2) is 0 Å². The first-order valence-corrected chi connectivity index (χ1v) is 4.38. The molecule has 0 bridgehead atoms. The fraction of sp³-hybridized carbons (Fsp3) is 0. The van der Waals surface area contributed by atoms with Crippen molar-refractivity contribution in [1.82, 2.24) is 0 Å². The van der Waals surface area contributed by atoms with Gasteiger partial charge in [-0.3, -0.25) is 0 Å². The van der Waals surface area contributed by atoms with Gasteiger partial charge in [0.05, 0.1) is 0 Å². The van der Waals surface area contributed by atoms with Gasteiger partial charge < -0.3 is 38.5 Å². The zero-order valence-electron chi connectivity index (χ0n) is 4.90. The average Bonchev–Trinajstić information content (AvgIpc) is 1.12. The molecule has 0 heterocycles. The van der Waals surface area contributed by atoms with Crippen LogP contribution in [0.1, 0.15) is 0 Å². The molecular weight excluding hydrogens is 345 g/mol. The van der Waals surface area contributed by atoms with Gasteiger partial charge in [0.25, 0.3) is 0 Å². The van der Waals surface area contributed by atoms with Crippen LogP contribution in [0.2, 0.25) is 0 Å². The summed E-state index contributed by atoms with van der Waals surface area (Å²) in [4.78, 5) is 51.3. The first-order valence-electron chi connectivity index (χ1n) is 1.46. The van der Waals surface area contributed by atoms with E-state index in [1.54, 1.807) is 0 Å². The molecule has 73 valence electrons. The van der Waals surface area contributed by atoms with Crippen LogP contribution in [0, 0.1) is 0 Å². The van der Waals surface area contributed by atoms with Crippen molar-refractivity contribution in [2.24, 2.45) is 0 Å². The Labute approximate surface area is 92.0 Å². The molecule has 0 aliphatic carbocycles. The predicted molar refractivity (Wildman–Crippen MR) is 15.2 cm³/mol. The molecule has 0 aromatic rings. The maximum absolute atomic E-state index is 8.55. The Balaban J connectivity index is -0.0000000457. The van der Waals surface area contributed by atoms with Crippen molar-refractivity contribution in [2.75, 3.05) is 0 Å². The van der Waals surface area contributed by atoms with Crippen LogP contribution in [0.4, 0.5) is 0 Å². The largest absolute Gasteiger partial charge is 4.00 e. The van der Waals surface area contributed by atoms with Crippen LogP contribution in [0.5, 0.6) is 0 Å². The van der Waals surface area contributed by atoms with Gasteiger partial charge in [0.1, 0.15) is 0 Å². The molecule has 0 aliphatic heterocycles. The van der Waals surface area contributed by atoms with Gasteiger partial charge in [-0.1, -0.05) is 0 Å². The van der Waals surface area contributed by atoms with E-state index < -0.39 is 15.6 Å². The summed E-state index contributed by atoms with van der Waals surface area (Å²) in [5.74, 6) is 0. The third kappa shape index (κ3) is 619. The predicted octanol–water partition coefficient (Wildman–Crippen LogP) is -5.65. The topological polar surface area (TPSA) is 172 Å². The van der Waals surface area contributed by atoms with Gasteiger partial charge in [-0.25, -0.2) is 0 Å². The Kier molecular flexibility index (Phi) is 17.5. The van der Waals surface area contributed by atoms with E-state index in [0.717, 1.165) is 0 Å². The van der Waals surface area contributed by atoms with E-state index in [9.17, 15) is 0 Å². The van der Waals surface area contributed by atoms with Crippen LogP contribution in [0.25, 0.3) is 0 Å². The maximum Gasteiger partial charge on any atom is 4.00 e. The molecule has 0 aromatic heterocycles. The second-order valence-electron chi connectivity index (χ2n) is 0.894. The summed E-state index contributed by atoms with van der Waals surface area (Å²) in [6, 6.07) is 0. The van der Waals surface area contributed by atoms with E-state index in [4.69, 9.17) is 38.5 Å². The van der Waals surface area contributed by atoms with E-state index in [0.29, 0.717) is 0 Å². The van der Waals surface area contributed by atoms with Gasteiger partial charge in [0, 0.05) is 0 Å². The van der Waals surface area contributed by atoms with Crippen molar-refractivity contribution in [3.8, 4) is 0 Å². The molecule has 0 N–H and O–H groups in total. The quantitative estimate of drug-likeness (QED) is 0.308. The number of hydrogen-bond donors (Lipinski definition) is 0. The molecule has 0 amide bonds. The normalized spacial score (nSPS) is 9.83. The van der Waals surface area contributed by atoms with Gasteiger partial charge in [-0.15, -0.1) is 0 Å². The van der Waals surface area contributed by atoms with Crippen molar-refractivity contribution in [3.05, 3.63) is 0 Å². The fourth-order valence-corrected chi connectivity index (χ4v) is 0. The fourth-order valence-electron chi connectivity index (χ4n) is 0. The zero-order valence-corrected chi connectivity index (χ0v) is 9.74. The molecule has 0 aliphatic rings. The number of rotatable bonds is 0. The van der Waals surface area contributed by atoms with Crippen LogP contribution in [-0.2, 0) is 47.0 Å². The Morgan fingerprint density at radius 1 is 0.667 bits per heavy atom. The van der Waals surface area contributed by atoms with Crippen molar-refractivity contribution in [2.45, 2.75) is 0 Å². The van der Waals surface area contributed by atoms with E-state index in [1.165, 1.54) is 0 Å². The zero-order chi connectivity index (χ0) is 9.00. The minimum absolute atomic E-state index is 0. The third-order valence-electron chi connectivity index (χ3n) is 0. The summed E-state index contributed by atoms with van der Waals surface area (Å²) in [7, 11) is -10.8.